The first-order valence-corrected chi connectivity index (χ1v) is 10.3. The van der Waals surface area contributed by atoms with E-state index in [0.29, 0.717) is 33.1 Å². The molecule has 1 amide bonds. The topological polar surface area (TPSA) is 90.3 Å². The predicted octanol–water partition coefficient (Wildman–Crippen LogP) is 3.04. The summed E-state index contributed by atoms with van der Waals surface area (Å²) in [5.74, 6) is 0.339. The fourth-order valence-corrected chi connectivity index (χ4v) is 4.31. The summed E-state index contributed by atoms with van der Waals surface area (Å²) in [4.78, 5) is 41.8. The summed E-state index contributed by atoms with van der Waals surface area (Å²) in [6.07, 6.45) is 1.90. The molecule has 29 heavy (non-hydrogen) atoms. The van der Waals surface area contributed by atoms with Gasteiger partial charge in [-0.25, -0.2) is 4.98 Å². The minimum absolute atomic E-state index is 0.0253. The zero-order valence-electron chi connectivity index (χ0n) is 15.4. The van der Waals surface area contributed by atoms with Crippen molar-refractivity contribution in [3.63, 3.8) is 0 Å². The third kappa shape index (κ3) is 3.40. The van der Waals surface area contributed by atoms with Gasteiger partial charge in [0.15, 0.2) is 17.5 Å². The molecule has 0 saturated heterocycles. The number of carbonyl (C=O) groups excluding carboxylic acids is 2. The van der Waals surface area contributed by atoms with Crippen LogP contribution in [0.25, 0.3) is 10.9 Å². The van der Waals surface area contributed by atoms with Crippen LogP contribution in [0.15, 0.2) is 52.4 Å². The Morgan fingerprint density at radius 1 is 1.21 bits per heavy atom. The molecule has 1 aliphatic heterocycles. The van der Waals surface area contributed by atoms with E-state index in [-0.39, 0.29) is 35.7 Å². The molecule has 0 bridgehead atoms. The van der Waals surface area contributed by atoms with Crippen LogP contribution >= 0.6 is 11.8 Å². The standard InChI is InChI=1S/C21H17N3O4S/c25-17(12-5-8-18-16(9-12)22-19(26)10-28-18)11-29-21-23-15-4-2-1-3-14(15)20(27)24(21)13-6-7-13/h1-5,8-9,13H,6-7,10-11H2,(H,22,26). The molecule has 7 nitrogen and oxygen atoms in total. The van der Waals surface area contributed by atoms with Crippen molar-refractivity contribution >= 4 is 40.0 Å². The third-order valence-electron chi connectivity index (χ3n) is 4.95. The summed E-state index contributed by atoms with van der Waals surface area (Å²) in [5.41, 5.74) is 1.55. The van der Waals surface area contributed by atoms with E-state index in [9.17, 15) is 14.4 Å². The van der Waals surface area contributed by atoms with Gasteiger partial charge in [0.25, 0.3) is 11.5 Å². The van der Waals surface area contributed by atoms with Gasteiger partial charge in [-0.2, -0.15) is 0 Å². The lowest BCUT2D eigenvalue weighted by atomic mass is 10.1. The Morgan fingerprint density at radius 3 is 2.86 bits per heavy atom. The van der Waals surface area contributed by atoms with E-state index in [1.807, 2.05) is 18.2 Å². The minimum atomic E-state index is -0.245. The van der Waals surface area contributed by atoms with Crippen LogP contribution in [0.4, 0.5) is 5.69 Å². The van der Waals surface area contributed by atoms with Crippen LogP contribution in [0.2, 0.25) is 0 Å². The second-order valence-corrected chi connectivity index (χ2v) is 8.02. The molecule has 3 aromatic rings. The first-order chi connectivity index (χ1) is 14.1. The minimum Gasteiger partial charge on any atom is -0.482 e. The molecular weight excluding hydrogens is 390 g/mol. The quantitative estimate of drug-likeness (QED) is 0.397. The second-order valence-electron chi connectivity index (χ2n) is 7.08. The summed E-state index contributed by atoms with van der Waals surface area (Å²) in [5, 5.41) is 3.87. The number of amides is 1. The molecule has 1 aromatic heterocycles. The maximum Gasteiger partial charge on any atom is 0.262 e. The third-order valence-corrected chi connectivity index (χ3v) is 5.91. The average molecular weight is 407 g/mol. The Balaban J connectivity index is 1.41. The number of fused-ring (bicyclic) bond motifs is 2. The van der Waals surface area contributed by atoms with Crippen molar-refractivity contribution in [3.8, 4) is 5.75 Å². The lowest BCUT2D eigenvalue weighted by molar-refractivity contribution is -0.118. The zero-order chi connectivity index (χ0) is 20.0. The molecule has 5 rings (SSSR count). The first-order valence-electron chi connectivity index (χ1n) is 9.34. The van der Waals surface area contributed by atoms with E-state index in [0.717, 1.165) is 12.8 Å². The number of hydrogen-bond acceptors (Lipinski definition) is 6. The highest BCUT2D eigenvalue weighted by atomic mass is 32.2. The Bertz CT molecular complexity index is 1220. The van der Waals surface area contributed by atoms with Gasteiger partial charge in [0, 0.05) is 11.6 Å². The number of rotatable bonds is 5. The van der Waals surface area contributed by atoms with Crippen molar-refractivity contribution in [1.82, 2.24) is 9.55 Å². The maximum atomic E-state index is 12.9. The van der Waals surface area contributed by atoms with Gasteiger partial charge in [-0.1, -0.05) is 23.9 Å². The molecule has 2 aliphatic rings. The molecule has 1 fully saturated rings. The summed E-state index contributed by atoms with van der Waals surface area (Å²) in [7, 11) is 0. The van der Waals surface area contributed by atoms with Crippen LogP contribution in [0.1, 0.15) is 29.2 Å². The highest BCUT2D eigenvalue weighted by Crippen LogP contribution is 2.37. The Kier molecular flexibility index (Phi) is 4.35. The van der Waals surface area contributed by atoms with Crippen LogP contribution in [0, 0.1) is 0 Å². The SMILES string of the molecule is O=C1COc2ccc(C(=O)CSc3nc4ccccc4c(=O)n3C3CC3)cc2N1. The first kappa shape index (κ1) is 17.9. The van der Waals surface area contributed by atoms with Crippen molar-refractivity contribution in [1.29, 1.82) is 0 Å². The van der Waals surface area contributed by atoms with Crippen molar-refractivity contribution in [3.05, 3.63) is 58.4 Å². The number of ether oxygens (including phenoxy) is 1. The van der Waals surface area contributed by atoms with Crippen molar-refractivity contribution in [2.75, 3.05) is 17.7 Å². The number of aromatic nitrogens is 2. The number of para-hydroxylation sites is 1. The Morgan fingerprint density at radius 2 is 2.03 bits per heavy atom. The normalized spacial score (nSPS) is 15.5. The number of benzene rings is 2. The summed E-state index contributed by atoms with van der Waals surface area (Å²) in [6, 6.07) is 12.4. The predicted molar refractivity (Wildman–Crippen MR) is 110 cm³/mol. The van der Waals surface area contributed by atoms with Gasteiger partial charge in [0.1, 0.15) is 5.75 Å². The van der Waals surface area contributed by atoms with Gasteiger partial charge in [-0.15, -0.1) is 0 Å². The number of hydrogen-bond donors (Lipinski definition) is 1. The summed E-state index contributed by atoms with van der Waals surface area (Å²) >= 11 is 1.27. The highest BCUT2D eigenvalue weighted by molar-refractivity contribution is 7.99. The molecular formula is C21H17N3O4S. The van der Waals surface area contributed by atoms with Crippen molar-refractivity contribution in [2.45, 2.75) is 24.0 Å². The molecule has 0 radical (unpaired) electrons. The summed E-state index contributed by atoms with van der Waals surface area (Å²) < 4.78 is 7.05. The Labute approximate surface area is 170 Å². The molecule has 2 aromatic carbocycles. The molecule has 146 valence electrons. The zero-order valence-corrected chi connectivity index (χ0v) is 16.2. The van der Waals surface area contributed by atoms with Crippen LogP contribution in [0.5, 0.6) is 5.75 Å². The highest BCUT2D eigenvalue weighted by Gasteiger charge is 2.29. The van der Waals surface area contributed by atoms with Gasteiger partial charge in [-0.05, 0) is 43.2 Å². The number of nitrogens with one attached hydrogen (secondary N) is 1. The number of carbonyl (C=O) groups is 2. The molecule has 0 spiro atoms. The van der Waals surface area contributed by atoms with Crippen LogP contribution in [-0.2, 0) is 4.79 Å². The summed E-state index contributed by atoms with van der Waals surface area (Å²) in [6.45, 7) is -0.0253. The number of Topliss-reactive ketones (excluding diaryl/α,β-unsaturated/α-hetero) is 1. The lowest BCUT2D eigenvalue weighted by Gasteiger charge is -2.18. The van der Waals surface area contributed by atoms with Crippen LogP contribution in [0.3, 0.4) is 0 Å². The average Bonchev–Trinajstić information content (AvgIpc) is 3.56. The molecule has 1 N–H and O–H groups in total. The van der Waals surface area contributed by atoms with E-state index in [1.165, 1.54) is 11.8 Å². The fourth-order valence-electron chi connectivity index (χ4n) is 3.35. The van der Waals surface area contributed by atoms with Gasteiger partial charge < -0.3 is 10.1 Å². The number of anilines is 1. The van der Waals surface area contributed by atoms with E-state index >= 15 is 0 Å². The number of nitrogens with zero attached hydrogens (tertiary/aromatic N) is 2. The largest absolute Gasteiger partial charge is 0.482 e. The number of thioether (sulfide) groups is 1. The van der Waals surface area contributed by atoms with E-state index in [4.69, 9.17) is 4.74 Å². The smallest absolute Gasteiger partial charge is 0.262 e. The second kappa shape index (κ2) is 7.04. The van der Waals surface area contributed by atoms with Gasteiger partial charge >= 0.3 is 0 Å². The molecule has 0 unspecified atom stereocenters. The molecule has 2 heterocycles. The van der Waals surface area contributed by atoms with Gasteiger partial charge in [-0.3, -0.25) is 19.0 Å². The number of ketones is 1. The van der Waals surface area contributed by atoms with Gasteiger partial charge in [0.2, 0.25) is 0 Å². The van der Waals surface area contributed by atoms with E-state index < -0.39 is 0 Å². The molecule has 1 aliphatic carbocycles. The van der Waals surface area contributed by atoms with Crippen molar-refractivity contribution < 1.29 is 14.3 Å². The van der Waals surface area contributed by atoms with E-state index in [1.54, 1.807) is 28.8 Å². The maximum absolute atomic E-state index is 12.9. The van der Waals surface area contributed by atoms with Gasteiger partial charge in [0.05, 0.1) is 22.3 Å². The van der Waals surface area contributed by atoms with E-state index in [2.05, 4.69) is 10.3 Å². The fraction of sp³-hybridized carbons (Fsp3) is 0.238. The molecule has 1 saturated carbocycles. The van der Waals surface area contributed by atoms with Crippen LogP contribution < -0.4 is 15.6 Å². The Hall–Kier alpha value is -3.13. The lowest BCUT2D eigenvalue weighted by Crippen LogP contribution is -2.25. The molecule has 8 heteroatoms. The van der Waals surface area contributed by atoms with Crippen LogP contribution in [-0.4, -0.2) is 33.6 Å². The monoisotopic (exact) mass is 407 g/mol. The van der Waals surface area contributed by atoms with Crippen molar-refractivity contribution in [2.24, 2.45) is 0 Å². The molecule has 0 atom stereocenters.